The van der Waals surface area contributed by atoms with Gasteiger partial charge < -0.3 is 0 Å². The molecule has 0 saturated heterocycles. The van der Waals surface area contributed by atoms with Crippen molar-refractivity contribution in [3.63, 3.8) is 0 Å². The molecule has 1 heteroatoms. The lowest BCUT2D eigenvalue weighted by molar-refractivity contribution is -0.122. The van der Waals surface area contributed by atoms with Gasteiger partial charge in [0.15, 0.2) is 0 Å². The fraction of sp³-hybridized carbons (Fsp3) is 0.750. The third-order valence-corrected chi connectivity index (χ3v) is 3.04. The molecular weight excluding hydrogens is 160 g/mol. The van der Waals surface area contributed by atoms with E-state index in [9.17, 15) is 4.79 Å². The molecule has 0 aromatic heterocycles. The monoisotopic (exact) mass is 180 g/mol. The lowest BCUT2D eigenvalue weighted by atomic mass is 9.97. The molecule has 0 radical (unpaired) electrons. The maximum atomic E-state index is 11.6. The summed E-state index contributed by atoms with van der Waals surface area (Å²) in [5.74, 6) is 0.872. The highest BCUT2D eigenvalue weighted by atomic mass is 16.1. The maximum Gasteiger partial charge on any atom is 0.136 e. The Hall–Kier alpha value is -0.590. The van der Waals surface area contributed by atoms with Crippen molar-refractivity contribution in [1.82, 2.24) is 0 Å². The predicted molar refractivity (Wildman–Crippen MR) is 55.6 cm³/mol. The molecule has 1 saturated carbocycles. The van der Waals surface area contributed by atoms with Crippen LogP contribution in [0.3, 0.4) is 0 Å². The molecule has 0 bridgehead atoms. The Morgan fingerprint density at radius 2 is 1.92 bits per heavy atom. The number of hydrogen-bond donors (Lipinski definition) is 0. The van der Waals surface area contributed by atoms with Gasteiger partial charge in [-0.15, -0.1) is 0 Å². The highest BCUT2D eigenvalue weighted by molar-refractivity contribution is 5.81. The van der Waals surface area contributed by atoms with Crippen molar-refractivity contribution in [3.8, 4) is 0 Å². The fourth-order valence-corrected chi connectivity index (χ4v) is 1.93. The molecule has 1 fully saturated rings. The van der Waals surface area contributed by atoms with E-state index in [-0.39, 0.29) is 0 Å². The van der Waals surface area contributed by atoms with Gasteiger partial charge in [0.2, 0.25) is 0 Å². The van der Waals surface area contributed by atoms with Crippen molar-refractivity contribution in [2.24, 2.45) is 5.92 Å². The van der Waals surface area contributed by atoms with Crippen LogP contribution in [0.25, 0.3) is 0 Å². The zero-order valence-electron chi connectivity index (χ0n) is 8.64. The first-order valence-corrected chi connectivity index (χ1v) is 5.43. The highest BCUT2D eigenvalue weighted by Gasteiger charge is 2.21. The molecule has 0 aromatic carbocycles. The first kappa shape index (κ1) is 10.5. The second-order valence-electron chi connectivity index (χ2n) is 4.05. The van der Waals surface area contributed by atoms with E-state index in [2.05, 4.69) is 13.5 Å². The summed E-state index contributed by atoms with van der Waals surface area (Å²) >= 11 is 0. The molecule has 74 valence electrons. The van der Waals surface area contributed by atoms with E-state index in [1.165, 1.54) is 18.4 Å². The summed E-state index contributed by atoms with van der Waals surface area (Å²) in [6.45, 7) is 6.02. The molecule has 1 aliphatic rings. The van der Waals surface area contributed by atoms with Gasteiger partial charge >= 0.3 is 0 Å². The Labute approximate surface area is 81.2 Å². The molecule has 0 heterocycles. The van der Waals surface area contributed by atoms with Crippen LogP contribution in [0.5, 0.6) is 0 Å². The smallest absolute Gasteiger partial charge is 0.136 e. The lowest BCUT2D eigenvalue weighted by Crippen LogP contribution is -2.10. The van der Waals surface area contributed by atoms with Crippen LogP contribution in [0.15, 0.2) is 12.2 Å². The molecule has 0 N–H and O–H groups in total. The molecule has 1 nitrogen and oxygen atoms in total. The summed E-state index contributed by atoms with van der Waals surface area (Å²) in [7, 11) is 0. The van der Waals surface area contributed by atoms with E-state index in [1.807, 2.05) is 0 Å². The number of carbonyl (C=O) groups is 1. The van der Waals surface area contributed by atoms with Crippen molar-refractivity contribution in [2.75, 3.05) is 0 Å². The molecule has 0 atom stereocenters. The van der Waals surface area contributed by atoms with Gasteiger partial charge in [0, 0.05) is 12.3 Å². The molecular formula is C12H20O. The van der Waals surface area contributed by atoms with Crippen LogP contribution < -0.4 is 0 Å². The Morgan fingerprint density at radius 1 is 1.31 bits per heavy atom. The van der Waals surface area contributed by atoms with Crippen LogP contribution >= 0.6 is 0 Å². The van der Waals surface area contributed by atoms with E-state index >= 15 is 0 Å². The maximum absolute atomic E-state index is 11.6. The number of ketones is 1. The number of Topliss-reactive ketones (excluding diaryl/α,β-unsaturated/α-hetero) is 1. The molecule has 1 rings (SSSR count). The van der Waals surface area contributed by atoms with Crippen molar-refractivity contribution in [1.29, 1.82) is 0 Å². The van der Waals surface area contributed by atoms with Gasteiger partial charge in [-0.05, 0) is 25.7 Å². The summed E-state index contributed by atoms with van der Waals surface area (Å²) in [5, 5.41) is 0. The SMILES string of the molecule is C=C(CC)CCC(=O)C1CCCC1. The van der Waals surface area contributed by atoms with Crippen molar-refractivity contribution < 1.29 is 4.79 Å². The fourth-order valence-electron chi connectivity index (χ4n) is 1.93. The molecule has 0 aromatic rings. The van der Waals surface area contributed by atoms with E-state index in [4.69, 9.17) is 0 Å². The summed E-state index contributed by atoms with van der Waals surface area (Å²) in [6, 6.07) is 0. The van der Waals surface area contributed by atoms with E-state index in [1.54, 1.807) is 0 Å². The minimum Gasteiger partial charge on any atom is -0.299 e. The van der Waals surface area contributed by atoms with E-state index in [0.29, 0.717) is 11.7 Å². The van der Waals surface area contributed by atoms with Crippen LogP contribution in [0.4, 0.5) is 0 Å². The van der Waals surface area contributed by atoms with Gasteiger partial charge in [-0.2, -0.15) is 0 Å². The van der Waals surface area contributed by atoms with Crippen molar-refractivity contribution in [3.05, 3.63) is 12.2 Å². The molecule has 1 aliphatic carbocycles. The Balaban J connectivity index is 2.20. The van der Waals surface area contributed by atoms with Gasteiger partial charge in [-0.25, -0.2) is 0 Å². The van der Waals surface area contributed by atoms with Crippen LogP contribution in [0.2, 0.25) is 0 Å². The van der Waals surface area contributed by atoms with Gasteiger partial charge in [0.25, 0.3) is 0 Å². The Morgan fingerprint density at radius 3 is 2.46 bits per heavy atom. The first-order valence-electron chi connectivity index (χ1n) is 5.43. The Kier molecular flexibility index (Phi) is 4.20. The zero-order valence-corrected chi connectivity index (χ0v) is 8.64. The molecule has 0 aliphatic heterocycles. The quantitative estimate of drug-likeness (QED) is 0.592. The van der Waals surface area contributed by atoms with Crippen LogP contribution in [0, 0.1) is 5.92 Å². The minimum absolute atomic E-state index is 0.393. The molecule has 13 heavy (non-hydrogen) atoms. The van der Waals surface area contributed by atoms with E-state index < -0.39 is 0 Å². The zero-order chi connectivity index (χ0) is 9.68. The summed E-state index contributed by atoms with van der Waals surface area (Å²) in [4.78, 5) is 11.6. The first-order chi connectivity index (χ1) is 6.24. The second-order valence-corrected chi connectivity index (χ2v) is 4.05. The second kappa shape index (κ2) is 5.21. The predicted octanol–water partition coefficient (Wildman–Crippen LogP) is 3.49. The average molecular weight is 180 g/mol. The summed E-state index contributed by atoms with van der Waals surface area (Å²) in [6.07, 6.45) is 7.44. The number of allylic oxidation sites excluding steroid dienone is 1. The third kappa shape index (κ3) is 3.33. The number of rotatable bonds is 5. The van der Waals surface area contributed by atoms with Crippen LogP contribution in [-0.4, -0.2) is 5.78 Å². The molecule has 0 unspecified atom stereocenters. The highest BCUT2D eigenvalue weighted by Crippen LogP contribution is 2.27. The van der Waals surface area contributed by atoms with Crippen molar-refractivity contribution >= 4 is 5.78 Å². The van der Waals surface area contributed by atoms with Gasteiger partial charge in [0.05, 0.1) is 0 Å². The minimum atomic E-state index is 0.393. The standard InChI is InChI=1S/C12H20O/c1-3-10(2)8-9-12(13)11-6-4-5-7-11/h11H,2-9H2,1H3. The van der Waals surface area contributed by atoms with Gasteiger partial charge in [-0.3, -0.25) is 4.79 Å². The number of carbonyl (C=O) groups excluding carboxylic acids is 1. The number of hydrogen-bond acceptors (Lipinski definition) is 1. The van der Waals surface area contributed by atoms with Crippen LogP contribution in [0.1, 0.15) is 51.9 Å². The normalized spacial score (nSPS) is 17.6. The van der Waals surface area contributed by atoms with Crippen molar-refractivity contribution in [2.45, 2.75) is 51.9 Å². The topological polar surface area (TPSA) is 17.1 Å². The van der Waals surface area contributed by atoms with Gasteiger partial charge in [-0.1, -0.05) is 31.9 Å². The lowest BCUT2D eigenvalue weighted by Gasteiger charge is -2.07. The van der Waals surface area contributed by atoms with Gasteiger partial charge in [0.1, 0.15) is 5.78 Å². The third-order valence-electron chi connectivity index (χ3n) is 3.04. The largest absolute Gasteiger partial charge is 0.299 e. The summed E-state index contributed by atoms with van der Waals surface area (Å²) < 4.78 is 0. The summed E-state index contributed by atoms with van der Waals surface area (Å²) in [5.41, 5.74) is 1.21. The average Bonchev–Trinajstić information content (AvgIpc) is 2.66. The molecule has 0 amide bonds. The Bertz CT molecular complexity index is 187. The molecule has 0 spiro atoms. The van der Waals surface area contributed by atoms with E-state index in [0.717, 1.165) is 32.1 Å². The van der Waals surface area contributed by atoms with Crippen LogP contribution in [-0.2, 0) is 4.79 Å².